The number of aromatic nitrogens is 1. The Labute approximate surface area is 225 Å². The quantitative estimate of drug-likeness (QED) is 0.240. The number of rotatable bonds is 4. The lowest BCUT2D eigenvalue weighted by Crippen LogP contribution is -2.09. The summed E-state index contributed by atoms with van der Waals surface area (Å²) in [6.07, 6.45) is 0. The Hall–Kier alpha value is -5.28. The van der Waals surface area contributed by atoms with Crippen LogP contribution in [0.15, 0.2) is 150 Å². The standard InChI is InChI=1S/C36H24N2O/c1-3-11-25(12-4-1)37(28-20-22-36-32(24-28)30-16-8-10-18-35(30)39-36)27-19-21-34-31(23-27)29-15-7-9-17-33(29)38(34)26-13-5-2-6-14-26/h1-24H. The van der Waals surface area contributed by atoms with Gasteiger partial charge in [0.2, 0.25) is 0 Å². The van der Waals surface area contributed by atoms with Crippen molar-refractivity contribution >= 4 is 60.8 Å². The normalized spacial score (nSPS) is 11.6. The van der Waals surface area contributed by atoms with Crippen molar-refractivity contribution in [3.63, 3.8) is 0 Å². The van der Waals surface area contributed by atoms with Crippen LogP contribution in [0.1, 0.15) is 0 Å². The molecular formula is C36H24N2O. The van der Waals surface area contributed by atoms with E-state index in [1.54, 1.807) is 0 Å². The summed E-state index contributed by atoms with van der Waals surface area (Å²) in [6, 6.07) is 51.3. The molecule has 0 atom stereocenters. The summed E-state index contributed by atoms with van der Waals surface area (Å²) in [5.41, 5.74) is 8.66. The smallest absolute Gasteiger partial charge is 0.135 e. The monoisotopic (exact) mass is 500 g/mol. The minimum atomic E-state index is 0.898. The van der Waals surface area contributed by atoms with Gasteiger partial charge in [0.05, 0.1) is 11.0 Å². The minimum absolute atomic E-state index is 0.898. The maximum atomic E-state index is 6.13. The van der Waals surface area contributed by atoms with Crippen molar-refractivity contribution in [3.05, 3.63) is 146 Å². The molecule has 0 fully saturated rings. The van der Waals surface area contributed by atoms with Crippen LogP contribution in [0.5, 0.6) is 0 Å². The summed E-state index contributed by atoms with van der Waals surface area (Å²) in [6.45, 7) is 0. The molecule has 0 unspecified atom stereocenters. The van der Waals surface area contributed by atoms with Gasteiger partial charge >= 0.3 is 0 Å². The van der Waals surface area contributed by atoms with Crippen LogP contribution in [-0.2, 0) is 0 Å². The summed E-state index contributed by atoms with van der Waals surface area (Å²) in [4.78, 5) is 2.33. The molecule has 8 aromatic rings. The molecule has 0 radical (unpaired) electrons. The van der Waals surface area contributed by atoms with Gasteiger partial charge in [-0.2, -0.15) is 0 Å². The molecule has 3 heteroatoms. The summed E-state index contributed by atoms with van der Waals surface area (Å²) in [5.74, 6) is 0. The first-order chi connectivity index (χ1) is 19.3. The molecule has 39 heavy (non-hydrogen) atoms. The Bertz CT molecular complexity index is 2120. The van der Waals surface area contributed by atoms with Gasteiger partial charge in [0.15, 0.2) is 0 Å². The van der Waals surface area contributed by atoms with Gasteiger partial charge in [-0.05, 0) is 72.8 Å². The first-order valence-corrected chi connectivity index (χ1v) is 13.2. The van der Waals surface area contributed by atoms with Crippen molar-refractivity contribution in [2.45, 2.75) is 0 Å². The summed E-state index contributed by atoms with van der Waals surface area (Å²) < 4.78 is 8.48. The molecule has 0 aliphatic heterocycles. The average Bonchev–Trinajstić information content (AvgIpc) is 3.54. The van der Waals surface area contributed by atoms with Gasteiger partial charge in [-0.3, -0.25) is 0 Å². The molecule has 8 rings (SSSR count). The highest BCUT2D eigenvalue weighted by atomic mass is 16.3. The van der Waals surface area contributed by atoms with Gasteiger partial charge in [0.1, 0.15) is 11.2 Å². The summed E-state index contributed by atoms with van der Waals surface area (Å²) in [5, 5.41) is 4.71. The molecule has 0 bridgehead atoms. The summed E-state index contributed by atoms with van der Waals surface area (Å²) >= 11 is 0. The number of nitrogens with zero attached hydrogens (tertiary/aromatic N) is 2. The van der Waals surface area contributed by atoms with Gasteiger partial charge in [-0.1, -0.05) is 72.8 Å². The van der Waals surface area contributed by atoms with Gasteiger partial charge in [-0.15, -0.1) is 0 Å². The zero-order chi connectivity index (χ0) is 25.8. The Morgan fingerprint density at radius 3 is 1.82 bits per heavy atom. The van der Waals surface area contributed by atoms with Gasteiger partial charge in [0.25, 0.3) is 0 Å². The second-order valence-corrected chi connectivity index (χ2v) is 9.84. The largest absolute Gasteiger partial charge is 0.456 e. The third-order valence-electron chi connectivity index (χ3n) is 7.56. The van der Waals surface area contributed by atoms with Crippen LogP contribution in [0.3, 0.4) is 0 Å². The van der Waals surface area contributed by atoms with Gasteiger partial charge in [0, 0.05) is 44.3 Å². The number of benzene rings is 6. The molecule has 6 aromatic carbocycles. The maximum Gasteiger partial charge on any atom is 0.135 e. The molecular weight excluding hydrogens is 476 g/mol. The first kappa shape index (κ1) is 21.8. The van der Waals surface area contributed by atoms with Crippen LogP contribution in [0.4, 0.5) is 17.1 Å². The predicted molar refractivity (Wildman–Crippen MR) is 163 cm³/mol. The predicted octanol–water partition coefficient (Wildman–Crippen LogP) is 10.2. The van der Waals surface area contributed by atoms with Crippen LogP contribution < -0.4 is 4.90 Å². The molecule has 0 aliphatic carbocycles. The number of furan rings is 1. The van der Waals surface area contributed by atoms with Crippen LogP contribution in [0.2, 0.25) is 0 Å². The van der Waals surface area contributed by atoms with Gasteiger partial charge < -0.3 is 13.9 Å². The Morgan fingerprint density at radius 2 is 1.00 bits per heavy atom. The number of anilines is 3. The highest BCUT2D eigenvalue weighted by Gasteiger charge is 2.18. The van der Waals surface area contributed by atoms with Crippen molar-refractivity contribution < 1.29 is 4.42 Å². The van der Waals surface area contributed by atoms with E-state index in [9.17, 15) is 0 Å². The van der Waals surface area contributed by atoms with E-state index in [0.29, 0.717) is 0 Å². The highest BCUT2D eigenvalue weighted by Crippen LogP contribution is 2.41. The van der Waals surface area contributed by atoms with Crippen molar-refractivity contribution in [2.75, 3.05) is 4.90 Å². The van der Waals surface area contributed by atoms with Crippen LogP contribution >= 0.6 is 0 Å². The molecule has 3 nitrogen and oxygen atoms in total. The fourth-order valence-corrected chi connectivity index (χ4v) is 5.83. The molecule has 0 saturated carbocycles. The van der Waals surface area contributed by atoms with Crippen molar-refractivity contribution in [3.8, 4) is 5.69 Å². The molecule has 184 valence electrons. The zero-order valence-electron chi connectivity index (χ0n) is 21.2. The topological polar surface area (TPSA) is 21.3 Å². The van der Waals surface area contributed by atoms with E-state index < -0.39 is 0 Å². The van der Waals surface area contributed by atoms with Crippen LogP contribution in [0, 0.1) is 0 Å². The molecule has 0 spiro atoms. The SMILES string of the molecule is c1ccc(N(c2ccc3oc4ccccc4c3c2)c2ccc3c(c2)c2ccccc2n3-c2ccccc2)cc1. The second kappa shape index (κ2) is 8.64. The number of fused-ring (bicyclic) bond motifs is 6. The maximum absolute atomic E-state index is 6.13. The molecule has 2 heterocycles. The summed E-state index contributed by atoms with van der Waals surface area (Å²) in [7, 11) is 0. The van der Waals surface area contributed by atoms with Crippen LogP contribution in [0.25, 0.3) is 49.4 Å². The van der Waals surface area contributed by atoms with Crippen molar-refractivity contribution in [1.82, 2.24) is 4.57 Å². The Kier molecular flexibility index (Phi) is 4.82. The van der Waals surface area contributed by atoms with E-state index in [2.05, 4.69) is 143 Å². The zero-order valence-corrected chi connectivity index (χ0v) is 21.2. The molecule has 2 aromatic heterocycles. The lowest BCUT2D eigenvalue weighted by Gasteiger charge is -2.25. The fourth-order valence-electron chi connectivity index (χ4n) is 5.83. The van der Waals surface area contributed by atoms with E-state index in [4.69, 9.17) is 4.42 Å². The number of hydrogen-bond acceptors (Lipinski definition) is 2. The molecule has 0 amide bonds. The van der Waals surface area contributed by atoms with Crippen molar-refractivity contribution in [1.29, 1.82) is 0 Å². The Morgan fingerprint density at radius 1 is 0.410 bits per heavy atom. The van der Waals surface area contributed by atoms with E-state index in [1.807, 2.05) is 12.1 Å². The lowest BCUT2D eigenvalue weighted by molar-refractivity contribution is 0.669. The second-order valence-electron chi connectivity index (χ2n) is 9.84. The van der Waals surface area contributed by atoms with E-state index in [0.717, 1.165) is 44.7 Å². The molecule has 0 saturated heterocycles. The Balaban J connectivity index is 1.38. The molecule has 0 aliphatic rings. The van der Waals surface area contributed by atoms with Crippen LogP contribution in [-0.4, -0.2) is 4.57 Å². The lowest BCUT2D eigenvalue weighted by atomic mass is 10.1. The number of para-hydroxylation sites is 4. The number of hydrogen-bond donors (Lipinski definition) is 0. The third-order valence-corrected chi connectivity index (χ3v) is 7.56. The van der Waals surface area contributed by atoms with Gasteiger partial charge in [-0.25, -0.2) is 0 Å². The van der Waals surface area contributed by atoms with E-state index >= 15 is 0 Å². The highest BCUT2D eigenvalue weighted by molar-refractivity contribution is 6.11. The molecule has 0 N–H and O–H groups in total. The first-order valence-electron chi connectivity index (χ1n) is 13.2. The minimum Gasteiger partial charge on any atom is -0.456 e. The van der Waals surface area contributed by atoms with E-state index in [1.165, 1.54) is 21.8 Å². The average molecular weight is 501 g/mol. The van der Waals surface area contributed by atoms with E-state index in [-0.39, 0.29) is 0 Å². The third kappa shape index (κ3) is 3.44. The fraction of sp³-hybridized carbons (Fsp3) is 0. The van der Waals surface area contributed by atoms with Crippen molar-refractivity contribution in [2.24, 2.45) is 0 Å².